The summed E-state index contributed by atoms with van der Waals surface area (Å²) in [6.45, 7) is 16.0. The molecule has 0 nitrogen and oxygen atoms in total. The van der Waals surface area contributed by atoms with Gasteiger partial charge in [0.2, 0.25) is 0 Å². The zero-order chi connectivity index (χ0) is 17.4. The first-order chi connectivity index (χ1) is 10.9. The quantitative estimate of drug-likeness (QED) is 0.404. The van der Waals surface area contributed by atoms with Gasteiger partial charge in [0.15, 0.2) is 0 Å². The minimum absolute atomic E-state index is 1.37. The summed E-state index contributed by atoms with van der Waals surface area (Å²) in [4.78, 5) is 5.49. The summed E-state index contributed by atoms with van der Waals surface area (Å²) >= 11 is 3.72. The standard InChI is InChI=1S/C12H8S2.4C2H6/c1-2-6-10-9(5-1)13-11-7-3-4-8-12(11)14-10;4*1-2/h1-8H;4*1-2H3. The van der Waals surface area contributed by atoms with E-state index in [2.05, 4.69) is 48.5 Å². The molecule has 0 aliphatic carbocycles. The van der Waals surface area contributed by atoms with Crippen LogP contribution >= 0.6 is 23.5 Å². The first-order valence-electron chi connectivity index (χ1n) is 8.47. The molecule has 0 spiro atoms. The summed E-state index contributed by atoms with van der Waals surface area (Å²) in [6.07, 6.45) is 0. The predicted molar refractivity (Wildman–Crippen MR) is 107 cm³/mol. The van der Waals surface area contributed by atoms with Gasteiger partial charge >= 0.3 is 0 Å². The molecule has 3 rings (SSSR count). The van der Waals surface area contributed by atoms with Gasteiger partial charge in [-0.25, -0.2) is 0 Å². The van der Waals surface area contributed by atoms with Crippen LogP contribution in [0.2, 0.25) is 0 Å². The van der Waals surface area contributed by atoms with Gasteiger partial charge in [0.05, 0.1) is 0 Å². The third kappa shape index (κ3) is 7.42. The minimum Gasteiger partial charge on any atom is -0.0877 e. The lowest BCUT2D eigenvalue weighted by atomic mass is 10.3. The molecule has 0 radical (unpaired) electrons. The lowest BCUT2D eigenvalue weighted by molar-refractivity contribution is 1.16. The highest BCUT2D eigenvalue weighted by molar-refractivity contribution is 8.05. The molecule has 1 aliphatic rings. The second kappa shape index (κ2) is 16.5. The minimum atomic E-state index is 1.37. The second-order valence-electron chi connectivity index (χ2n) is 3.10. The summed E-state index contributed by atoms with van der Waals surface area (Å²) < 4.78 is 0. The summed E-state index contributed by atoms with van der Waals surface area (Å²) in [5.41, 5.74) is 0. The van der Waals surface area contributed by atoms with Crippen molar-refractivity contribution < 1.29 is 0 Å². The van der Waals surface area contributed by atoms with Gasteiger partial charge in [-0.3, -0.25) is 0 Å². The molecular formula is C20H32S2. The zero-order valence-electron chi connectivity index (χ0n) is 15.4. The molecule has 124 valence electrons. The summed E-state index contributed by atoms with van der Waals surface area (Å²) in [7, 11) is 0. The Morgan fingerprint density at radius 2 is 0.591 bits per heavy atom. The molecule has 0 saturated heterocycles. The third-order valence-electron chi connectivity index (χ3n) is 2.14. The van der Waals surface area contributed by atoms with E-state index in [0.717, 1.165) is 0 Å². The molecule has 0 N–H and O–H groups in total. The highest BCUT2D eigenvalue weighted by Crippen LogP contribution is 2.47. The molecular weight excluding hydrogens is 304 g/mol. The van der Waals surface area contributed by atoms with Crippen molar-refractivity contribution in [1.29, 1.82) is 0 Å². The number of benzene rings is 2. The lowest BCUT2D eigenvalue weighted by Gasteiger charge is -2.17. The summed E-state index contributed by atoms with van der Waals surface area (Å²) in [6, 6.07) is 17.1. The first kappa shape index (κ1) is 23.4. The topological polar surface area (TPSA) is 0 Å². The molecule has 1 heterocycles. The average Bonchev–Trinajstić information content (AvgIpc) is 2.66. The van der Waals surface area contributed by atoms with Crippen molar-refractivity contribution in [2.24, 2.45) is 0 Å². The largest absolute Gasteiger partial charge is 0.0877 e. The van der Waals surface area contributed by atoms with Crippen LogP contribution in [0.15, 0.2) is 68.1 Å². The van der Waals surface area contributed by atoms with E-state index in [4.69, 9.17) is 0 Å². The van der Waals surface area contributed by atoms with Gasteiger partial charge in [0.25, 0.3) is 0 Å². The van der Waals surface area contributed by atoms with Gasteiger partial charge < -0.3 is 0 Å². The molecule has 2 heteroatoms. The number of hydrogen-bond donors (Lipinski definition) is 0. The molecule has 0 fully saturated rings. The molecule has 0 unspecified atom stereocenters. The Bertz CT molecular complexity index is 391. The molecule has 0 aromatic heterocycles. The SMILES string of the molecule is CC.CC.CC.CC.c1ccc2c(c1)Sc1ccccc1S2. The van der Waals surface area contributed by atoms with E-state index in [1.54, 1.807) is 0 Å². The van der Waals surface area contributed by atoms with Gasteiger partial charge in [0, 0.05) is 19.6 Å². The lowest BCUT2D eigenvalue weighted by Crippen LogP contribution is -1.87. The Morgan fingerprint density at radius 1 is 0.409 bits per heavy atom. The van der Waals surface area contributed by atoms with Crippen LogP contribution in [0.3, 0.4) is 0 Å². The van der Waals surface area contributed by atoms with Crippen molar-refractivity contribution in [3.05, 3.63) is 48.5 Å². The predicted octanol–water partition coefficient (Wildman–Crippen LogP) is 8.41. The smallest absolute Gasteiger partial charge is 0.0262 e. The fourth-order valence-corrected chi connectivity index (χ4v) is 3.71. The maximum atomic E-state index is 2.18. The van der Waals surface area contributed by atoms with Crippen LogP contribution in [0.1, 0.15) is 55.4 Å². The maximum absolute atomic E-state index is 2.18. The number of hydrogen-bond acceptors (Lipinski definition) is 2. The summed E-state index contributed by atoms with van der Waals surface area (Å²) in [5, 5.41) is 0. The van der Waals surface area contributed by atoms with Gasteiger partial charge in [-0.15, -0.1) is 0 Å². The van der Waals surface area contributed by atoms with E-state index in [-0.39, 0.29) is 0 Å². The van der Waals surface area contributed by atoms with Crippen LogP contribution in [-0.4, -0.2) is 0 Å². The van der Waals surface area contributed by atoms with Gasteiger partial charge in [-0.05, 0) is 24.3 Å². The van der Waals surface area contributed by atoms with Crippen LogP contribution < -0.4 is 0 Å². The van der Waals surface area contributed by atoms with E-state index >= 15 is 0 Å². The number of fused-ring (bicyclic) bond motifs is 2. The van der Waals surface area contributed by atoms with Crippen molar-refractivity contribution in [2.45, 2.75) is 75.0 Å². The summed E-state index contributed by atoms with van der Waals surface area (Å²) in [5.74, 6) is 0. The van der Waals surface area contributed by atoms with Crippen LogP contribution in [-0.2, 0) is 0 Å². The van der Waals surface area contributed by atoms with Gasteiger partial charge in [-0.1, -0.05) is 103 Å². The Morgan fingerprint density at radius 3 is 0.773 bits per heavy atom. The Labute approximate surface area is 147 Å². The van der Waals surface area contributed by atoms with E-state index in [0.29, 0.717) is 0 Å². The van der Waals surface area contributed by atoms with Crippen molar-refractivity contribution in [3.63, 3.8) is 0 Å². The van der Waals surface area contributed by atoms with E-state index in [1.165, 1.54) is 19.6 Å². The maximum Gasteiger partial charge on any atom is 0.0262 e. The van der Waals surface area contributed by atoms with Crippen molar-refractivity contribution in [3.8, 4) is 0 Å². The van der Waals surface area contributed by atoms with Crippen molar-refractivity contribution in [2.75, 3.05) is 0 Å². The zero-order valence-corrected chi connectivity index (χ0v) is 17.1. The fraction of sp³-hybridized carbons (Fsp3) is 0.400. The average molecular weight is 337 g/mol. The Kier molecular flexibility index (Phi) is 17.6. The second-order valence-corrected chi connectivity index (χ2v) is 5.27. The Balaban J connectivity index is 0. The van der Waals surface area contributed by atoms with Crippen molar-refractivity contribution >= 4 is 23.5 Å². The van der Waals surface area contributed by atoms with Crippen LogP contribution in [0.4, 0.5) is 0 Å². The van der Waals surface area contributed by atoms with Gasteiger partial charge in [-0.2, -0.15) is 0 Å². The highest BCUT2D eigenvalue weighted by atomic mass is 32.2. The molecule has 2 aromatic carbocycles. The normalized spacial score (nSPS) is 9.45. The molecule has 0 saturated carbocycles. The molecule has 0 amide bonds. The molecule has 22 heavy (non-hydrogen) atoms. The van der Waals surface area contributed by atoms with Crippen LogP contribution in [0.25, 0.3) is 0 Å². The number of rotatable bonds is 0. The molecule has 0 bridgehead atoms. The molecule has 2 aromatic rings. The van der Waals surface area contributed by atoms with E-state index in [9.17, 15) is 0 Å². The molecule has 0 atom stereocenters. The van der Waals surface area contributed by atoms with E-state index < -0.39 is 0 Å². The fourth-order valence-electron chi connectivity index (χ4n) is 1.47. The van der Waals surface area contributed by atoms with Gasteiger partial charge in [0.1, 0.15) is 0 Å². The first-order valence-corrected chi connectivity index (χ1v) is 10.1. The van der Waals surface area contributed by atoms with Crippen LogP contribution in [0.5, 0.6) is 0 Å². The van der Waals surface area contributed by atoms with Crippen LogP contribution in [0, 0.1) is 0 Å². The Hall–Kier alpha value is -0.860. The highest BCUT2D eigenvalue weighted by Gasteiger charge is 2.14. The third-order valence-corrected chi connectivity index (χ3v) is 4.70. The monoisotopic (exact) mass is 336 g/mol. The molecule has 1 aliphatic heterocycles. The van der Waals surface area contributed by atoms with Crippen molar-refractivity contribution in [1.82, 2.24) is 0 Å². The van der Waals surface area contributed by atoms with E-state index in [1.807, 2.05) is 78.9 Å².